The first-order chi connectivity index (χ1) is 9.20. The van der Waals surface area contributed by atoms with Gasteiger partial charge in [-0.1, -0.05) is 0 Å². The molecule has 1 atom stereocenters. The van der Waals surface area contributed by atoms with E-state index in [-0.39, 0.29) is 11.9 Å². The Hall–Kier alpha value is -1.13. The van der Waals surface area contributed by atoms with Crippen molar-refractivity contribution in [1.82, 2.24) is 5.32 Å². The lowest BCUT2D eigenvalue weighted by molar-refractivity contribution is 0.0495. The Morgan fingerprint density at radius 2 is 2.16 bits per heavy atom. The van der Waals surface area contributed by atoms with Crippen LogP contribution in [-0.2, 0) is 4.74 Å². The Bertz CT molecular complexity index is 405. The molecule has 19 heavy (non-hydrogen) atoms. The molecule has 0 spiro atoms. The molecule has 1 fully saturated rings. The molecule has 3 nitrogen and oxygen atoms in total. The Morgan fingerprint density at radius 3 is 2.84 bits per heavy atom. The van der Waals surface area contributed by atoms with Crippen LogP contribution in [0, 0.1) is 11.7 Å². The van der Waals surface area contributed by atoms with Crippen molar-refractivity contribution in [3.8, 4) is 5.75 Å². The van der Waals surface area contributed by atoms with Crippen molar-refractivity contribution < 1.29 is 13.9 Å². The largest absolute Gasteiger partial charge is 0.493 e. The summed E-state index contributed by atoms with van der Waals surface area (Å²) in [5, 5.41) is 3.12. The van der Waals surface area contributed by atoms with Crippen molar-refractivity contribution in [3.05, 3.63) is 29.6 Å². The third-order valence-electron chi connectivity index (χ3n) is 3.69. The van der Waals surface area contributed by atoms with E-state index in [0.717, 1.165) is 37.4 Å². The topological polar surface area (TPSA) is 30.5 Å². The van der Waals surface area contributed by atoms with Crippen molar-refractivity contribution in [2.75, 3.05) is 26.9 Å². The van der Waals surface area contributed by atoms with E-state index in [2.05, 4.69) is 5.32 Å². The molecule has 0 saturated carbocycles. The summed E-state index contributed by atoms with van der Waals surface area (Å²) in [5.41, 5.74) is 0.870. The number of benzene rings is 1. The van der Waals surface area contributed by atoms with E-state index in [1.54, 1.807) is 12.1 Å². The zero-order chi connectivity index (χ0) is 13.7. The van der Waals surface area contributed by atoms with Crippen LogP contribution in [0.25, 0.3) is 0 Å². The van der Waals surface area contributed by atoms with Gasteiger partial charge in [0.1, 0.15) is 11.6 Å². The van der Waals surface area contributed by atoms with E-state index < -0.39 is 0 Å². The van der Waals surface area contributed by atoms with Gasteiger partial charge >= 0.3 is 0 Å². The second-order valence-electron chi connectivity index (χ2n) is 5.06. The normalized spacial score (nSPS) is 18.3. The second kappa shape index (κ2) is 6.87. The molecule has 1 aliphatic rings. The third kappa shape index (κ3) is 3.91. The highest BCUT2D eigenvalue weighted by molar-refractivity contribution is 5.36. The zero-order valence-electron chi connectivity index (χ0n) is 11.6. The highest BCUT2D eigenvalue weighted by atomic mass is 19.1. The van der Waals surface area contributed by atoms with Gasteiger partial charge < -0.3 is 14.8 Å². The standard InChI is InChI=1S/C15H22FNO2/c1-11(17-2)14-9-13(16)3-4-15(14)19-10-12-5-7-18-8-6-12/h3-4,9,11-12,17H,5-8,10H2,1-2H3. The van der Waals surface area contributed by atoms with Gasteiger partial charge in [0.25, 0.3) is 0 Å². The fourth-order valence-electron chi connectivity index (χ4n) is 2.27. The van der Waals surface area contributed by atoms with Gasteiger partial charge in [-0.05, 0) is 50.9 Å². The Morgan fingerprint density at radius 1 is 1.42 bits per heavy atom. The van der Waals surface area contributed by atoms with E-state index in [0.29, 0.717) is 12.5 Å². The summed E-state index contributed by atoms with van der Waals surface area (Å²) < 4.78 is 24.6. The van der Waals surface area contributed by atoms with Crippen LogP contribution in [0.3, 0.4) is 0 Å². The Balaban J connectivity index is 2.02. The van der Waals surface area contributed by atoms with E-state index in [1.807, 2.05) is 14.0 Å². The summed E-state index contributed by atoms with van der Waals surface area (Å²) in [6.07, 6.45) is 2.08. The molecule has 1 unspecified atom stereocenters. The van der Waals surface area contributed by atoms with Crippen LogP contribution in [0.2, 0.25) is 0 Å². The summed E-state index contributed by atoms with van der Waals surface area (Å²) in [7, 11) is 1.86. The van der Waals surface area contributed by atoms with Gasteiger partial charge in [-0.25, -0.2) is 4.39 Å². The lowest BCUT2D eigenvalue weighted by Gasteiger charge is -2.23. The van der Waals surface area contributed by atoms with E-state index in [4.69, 9.17) is 9.47 Å². The van der Waals surface area contributed by atoms with E-state index >= 15 is 0 Å². The quantitative estimate of drug-likeness (QED) is 0.889. The maximum absolute atomic E-state index is 13.3. The first-order valence-corrected chi connectivity index (χ1v) is 6.88. The minimum Gasteiger partial charge on any atom is -0.493 e. The maximum Gasteiger partial charge on any atom is 0.124 e. The molecule has 1 saturated heterocycles. The van der Waals surface area contributed by atoms with Crippen molar-refractivity contribution >= 4 is 0 Å². The molecule has 1 aliphatic heterocycles. The fraction of sp³-hybridized carbons (Fsp3) is 0.600. The van der Waals surface area contributed by atoms with Crippen LogP contribution in [0.5, 0.6) is 5.75 Å². The Labute approximate surface area is 114 Å². The molecular weight excluding hydrogens is 245 g/mol. The molecule has 0 radical (unpaired) electrons. The molecule has 0 amide bonds. The van der Waals surface area contributed by atoms with Gasteiger partial charge in [-0.3, -0.25) is 0 Å². The van der Waals surface area contributed by atoms with Gasteiger partial charge in [-0.2, -0.15) is 0 Å². The average molecular weight is 267 g/mol. The van der Waals surface area contributed by atoms with Crippen LogP contribution in [0.4, 0.5) is 4.39 Å². The first-order valence-electron chi connectivity index (χ1n) is 6.88. The molecule has 1 aromatic rings. The lowest BCUT2D eigenvalue weighted by atomic mass is 10.0. The van der Waals surface area contributed by atoms with E-state index in [1.165, 1.54) is 6.07 Å². The summed E-state index contributed by atoms with van der Waals surface area (Å²) in [6, 6.07) is 4.78. The molecular formula is C15H22FNO2. The first kappa shape index (κ1) is 14.3. The van der Waals surface area contributed by atoms with Crippen LogP contribution in [0.15, 0.2) is 18.2 Å². The van der Waals surface area contributed by atoms with Crippen molar-refractivity contribution in [1.29, 1.82) is 0 Å². The Kier molecular flexibility index (Phi) is 5.16. The number of nitrogens with one attached hydrogen (secondary N) is 1. The van der Waals surface area contributed by atoms with Gasteiger partial charge in [0.15, 0.2) is 0 Å². The fourth-order valence-corrected chi connectivity index (χ4v) is 2.27. The van der Waals surface area contributed by atoms with Crippen molar-refractivity contribution in [3.63, 3.8) is 0 Å². The van der Waals surface area contributed by atoms with Gasteiger partial charge in [0.2, 0.25) is 0 Å². The third-order valence-corrected chi connectivity index (χ3v) is 3.69. The van der Waals surface area contributed by atoms with Crippen LogP contribution < -0.4 is 10.1 Å². The minimum atomic E-state index is -0.226. The van der Waals surface area contributed by atoms with Crippen LogP contribution in [-0.4, -0.2) is 26.9 Å². The van der Waals surface area contributed by atoms with Crippen LogP contribution in [0.1, 0.15) is 31.4 Å². The second-order valence-corrected chi connectivity index (χ2v) is 5.06. The summed E-state index contributed by atoms with van der Waals surface area (Å²) in [6.45, 7) is 4.31. The summed E-state index contributed by atoms with van der Waals surface area (Å²) in [4.78, 5) is 0. The smallest absolute Gasteiger partial charge is 0.124 e. The zero-order valence-corrected chi connectivity index (χ0v) is 11.6. The molecule has 106 valence electrons. The number of halogens is 1. The molecule has 1 N–H and O–H groups in total. The van der Waals surface area contributed by atoms with E-state index in [9.17, 15) is 4.39 Å². The lowest BCUT2D eigenvalue weighted by Crippen LogP contribution is -2.22. The van der Waals surface area contributed by atoms with Gasteiger partial charge in [0, 0.05) is 24.8 Å². The number of rotatable bonds is 5. The molecule has 1 heterocycles. The van der Waals surface area contributed by atoms with Gasteiger partial charge in [-0.15, -0.1) is 0 Å². The van der Waals surface area contributed by atoms with Crippen molar-refractivity contribution in [2.24, 2.45) is 5.92 Å². The molecule has 0 bridgehead atoms. The monoisotopic (exact) mass is 267 g/mol. The average Bonchev–Trinajstić information content (AvgIpc) is 2.46. The van der Waals surface area contributed by atoms with Crippen molar-refractivity contribution in [2.45, 2.75) is 25.8 Å². The summed E-state index contributed by atoms with van der Waals surface area (Å²) >= 11 is 0. The van der Waals surface area contributed by atoms with Gasteiger partial charge in [0.05, 0.1) is 6.61 Å². The SMILES string of the molecule is CNC(C)c1cc(F)ccc1OCC1CCOCC1. The highest BCUT2D eigenvalue weighted by Crippen LogP contribution is 2.27. The highest BCUT2D eigenvalue weighted by Gasteiger charge is 2.16. The summed E-state index contributed by atoms with van der Waals surface area (Å²) in [5.74, 6) is 1.09. The van der Waals surface area contributed by atoms with Crippen LogP contribution >= 0.6 is 0 Å². The number of ether oxygens (including phenoxy) is 2. The number of hydrogen-bond acceptors (Lipinski definition) is 3. The molecule has 0 aromatic heterocycles. The molecule has 2 rings (SSSR count). The predicted molar refractivity (Wildman–Crippen MR) is 72.9 cm³/mol. The minimum absolute atomic E-state index is 0.0698. The predicted octanol–water partition coefficient (Wildman–Crippen LogP) is 2.91. The maximum atomic E-state index is 13.3. The number of hydrogen-bond donors (Lipinski definition) is 1. The molecule has 4 heteroatoms. The molecule has 1 aromatic carbocycles. The molecule has 0 aliphatic carbocycles.